The first kappa shape index (κ1) is 9.29. The van der Waals surface area contributed by atoms with Gasteiger partial charge in [0.25, 0.3) is 0 Å². The molecule has 76 valence electrons. The average molecular weight is 214 g/mol. The lowest BCUT2D eigenvalue weighted by atomic mass is 10.3. The summed E-state index contributed by atoms with van der Waals surface area (Å²) in [4.78, 5) is 0.225. The van der Waals surface area contributed by atoms with E-state index in [2.05, 4.69) is 10.0 Å². The number of hydrogen-bond acceptors (Lipinski definition) is 4. The molecule has 0 aromatic heterocycles. The molecule has 1 aliphatic heterocycles. The molecule has 14 heavy (non-hydrogen) atoms. The second-order valence-electron chi connectivity index (χ2n) is 2.86. The predicted octanol–water partition coefficient (Wildman–Crippen LogP) is 0.356. The molecule has 2 rings (SSSR count). The maximum atomic E-state index is 11.5. The fraction of sp³-hybridized carbons (Fsp3) is 0.250. The van der Waals surface area contributed by atoms with Crippen molar-refractivity contribution in [1.29, 1.82) is 0 Å². The fourth-order valence-electron chi connectivity index (χ4n) is 1.30. The van der Waals surface area contributed by atoms with Gasteiger partial charge in [0.1, 0.15) is 10.6 Å². The highest BCUT2D eigenvalue weighted by atomic mass is 32.2. The molecule has 1 aromatic carbocycles. The number of ether oxygens (including phenoxy) is 1. The van der Waals surface area contributed by atoms with E-state index in [0.717, 1.165) is 0 Å². The molecule has 0 fully saturated rings. The molecule has 1 aromatic rings. The van der Waals surface area contributed by atoms with Gasteiger partial charge in [0.2, 0.25) is 10.0 Å². The maximum absolute atomic E-state index is 11.5. The standard InChI is InChI=1S/C8H10N2O3S/c1-13-6-2-3-7-8(4-6)14(11,12)10-5-9-7/h2-4,9-10H,5H2,1H3. The summed E-state index contributed by atoms with van der Waals surface area (Å²) in [5.41, 5.74) is 0.601. The highest BCUT2D eigenvalue weighted by molar-refractivity contribution is 7.89. The molecule has 0 saturated heterocycles. The van der Waals surface area contributed by atoms with E-state index in [1.165, 1.54) is 13.2 Å². The molecular weight excluding hydrogens is 204 g/mol. The Labute approximate surface area is 82.1 Å². The number of methoxy groups -OCH3 is 1. The molecule has 5 nitrogen and oxygen atoms in total. The third-order valence-corrected chi connectivity index (χ3v) is 3.46. The number of nitrogens with one attached hydrogen (secondary N) is 2. The summed E-state index contributed by atoms with van der Waals surface area (Å²) in [6.07, 6.45) is 0. The van der Waals surface area contributed by atoms with Crippen LogP contribution in [-0.2, 0) is 10.0 Å². The zero-order valence-corrected chi connectivity index (χ0v) is 8.39. The van der Waals surface area contributed by atoms with Gasteiger partial charge in [-0.3, -0.25) is 0 Å². The Morgan fingerprint density at radius 2 is 2.21 bits per heavy atom. The van der Waals surface area contributed by atoms with Crippen LogP contribution in [0.5, 0.6) is 5.75 Å². The molecule has 0 aliphatic carbocycles. The van der Waals surface area contributed by atoms with Crippen LogP contribution in [0, 0.1) is 0 Å². The molecule has 0 unspecified atom stereocenters. The van der Waals surface area contributed by atoms with Crippen molar-refractivity contribution in [2.24, 2.45) is 0 Å². The van der Waals surface area contributed by atoms with Crippen LogP contribution in [0.4, 0.5) is 5.69 Å². The van der Waals surface area contributed by atoms with Gasteiger partial charge < -0.3 is 10.1 Å². The molecule has 1 aliphatic rings. The van der Waals surface area contributed by atoms with E-state index in [0.29, 0.717) is 11.4 Å². The molecule has 0 spiro atoms. The second kappa shape index (κ2) is 3.14. The SMILES string of the molecule is COc1ccc2c(c1)S(=O)(=O)NCN2. The zero-order valence-electron chi connectivity index (χ0n) is 7.57. The first-order valence-corrected chi connectivity index (χ1v) is 5.53. The van der Waals surface area contributed by atoms with Crippen molar-refractivity contribution >= 4 is 15.7 Å². The summed E-state index contributed by atoms with van der Waals surface area (Å²) in [7, 11) is -1.87. The van der Waals surface area contributed by atoms with Crippen LogP contribution in [0.15, 0.2) is 23.1 Å². The highest BCUT2D eigenvalue weighted by Crippen LogP contribution is 2.27. The van der Waals surface area contributed by atoms with Gasteiger partial charge in [-0.05, 0) is 12.1 Å². The van der Waals surface area contributed by atoms with E-state index >= 15 is 0 Å². The second-order valence-corrected chi connectivity index (χ2v) is 4.60. The fourth-order valence-corrected chi connectivity index (χ4v) is 2.42. The topological polar surface area (TPSA) is 67.4 Å². The Morgan fingerprint density at radius 3 is 2.93 bits per heavy atom. The Hall–Kier alpha value is -1.27. The third kappa shape index (κ3) is 1.42. The lowest BCUT2D eigenvalue weighted by Crippen LogP contribution is -2.34. The predicted molar refractivity (Wildman–Crippen MR) is 51.8 cm³/mol. The van der Waals surface area contributed by atoms with Gasteiger partial charge in [-0.1, -0.05) is 0 Å². The van der Waals surface area contributed by atoms with Crippen molar-refractivity contribution in [3.63, 3.8) is 0 Å². The van der Waals surface area contributed by atoms with Crippen LogP contribution < -0.4 is 14.8 Å². The summed E-state index contributed by atoms with van der Waals surface area (Å²) < 4.78 is 30.4. The molecule has 1 heterocycles. The smallest absolute Gasteiger partial charge is 0.244 e. The van der Waals surface area contributed by atoms with Crippen LogP contribution in [0.25, 0.3) is 0 Å². The minimum absolute atomic E-state index is 0.224. The normalized spacial score (nSPS) is 18.1. The van der Waals surface area contributed by atoms with E-state index in [1.807, 2.05) is 0 Å². The Bertz CT molecular complexity index is 456. The van der Waals surface area contributed by atoms with Gasteiger partial charge in [-0.25, -0.2) is 8.42 Å². The van der Waals surface area contributed by atoms with Gasteiger partial charge in [-0.15, -0.1) is 0 Å². The van der Waals surface area contributed by atoms with E-state index in [4.69, 9.17) is 4.74 Å². The monoisotopic (exact) mass is 214 g/mol. The van der Waals surface area contributed by atoms with Crippen molar-refractivity contribution in [3.8, 4) is 5.75 Å². The third-order valence-electron chi connectivity index (χ3n) is 2.02. The molecule has 6 heteroatoms. The number of anilines is 1. The van der Waals surface area contributed by atoms with Crippen LogP contribution in [0.1, 0.15) is 0 Å². The lowest BCUT2D eigenvalue weighted by Gasteiger charge is -2.19. The minimum Gasteiger partial charge on any atom is -0.497 e. The van der Waals surface area contributed by atoms with Crippen molar-refractivity contribution < 1.29 is 13.2 Å². The Kier molecular flexibility index (Phi) is 2.09. The van der Waals surface area contributed by atoms with Crippen molar-refractivity contribution in [3.05, 3.63) is 18.2 Å². The first-order chi connectivity index (χ1) is 6.63. The molecule has 0 radical (unpaired) electrons. The molecule has 0 bridgehead atoms. The van der Waals surface area contributed by atoms with Gasteiger partial charge >= 0.3 is 0 Å². The average Bonchev–Trinajstić information content (AvgIpc) is 2.17. The van der Waals surface area contributed by atoms with Crippen LogP contribution in [0.2, 0.25) is 0 Å². The first-order valence-electron chi connectivity index (χ1n) is 4.05. The van der Waals surface area contributed by atoms with Gasteiger partial charge in [0.15, 0.2) is 0 Å². The quantitative estimate of drug-likeness (QED) is 0.708. The van der Waals surface area contributed by atoms with E-state index in [-0.39, 0.29) is 11.6 Å². The molecule has 2 N–H and O–H groups in total. The zero-order chi connectivity index (χ0) is 10.2. The summed E-state index contributed by atoms with van der Waals surface area (Å²) in [5.74, 6) is 0.526. The van der Waals surface area contributed by atoms with Crippen LogP contribution >= 0.6 is 0 Å². The molecule has 0 atom stereocenters. The van der Waals surface area contributed by atoms with E-state index in [1.54, 1.807) is 12.1 Å². The minimum atomic E-state index is -3.37. The van der Waals surface area contributed by atoms with Crippen molar-refractivity contribution in [2.75, 3.05) is 19.1 Å². The Morgan fingerprint density at radius 1 is 1.43 bits per heavy atom. The van der Waals surface area contributed by atoms with Crippen LogP contribution in [0.3, 0.4) is 0 Å². The van der Waals surface area contributed by atoms with Crippen molar-refractivity contribution in [2.45, 2.75) is 4.90 Å². The molecular formula is C8H10N2O3S. The van der Waals surface area contributed by atoms with Crippen molar-refractivity contribution in [1.82, 2.24) is 4.72 Å². The molecule has 0 amide bonds. The summed E-state index contributed by atoms with van der Waals surface area (Å²) in [5, 5.41) is 2.92. The van der Waals surface area contributed by atoms with E-state index < -0.39 is 10.0 Å². The summed E-state index contributed by atoms with van der Waals surface area (Å²) in [6.45, 7) is 0.224. The maximum Gasteiger partial charge on any atom is 0.244 e. The summed E-state index contributed by atoms with van der Waals surface area (Å²) >= 11 is 0. The molecule has 0 saturated carbocycles. The van der Waals surface area contributed by atoms with E-state index in [9.17, 15) is 8.42 Å². The number of rotatable bonds is 1. The van der Waals surface area contributed by atoms with Gasteiger partial charge in [0.05, 0.1) is 19.5 Å². The van der Waals surface area contributed by atoms with Gasteiger partial charge in [-0.2, -0.15) is 4.72 Å². The largest absolute Gasteiger partial charge is 0.497 e. The number of benzene rings is 1. The highest BCUT2D eigenvalue weighted by Gasteiger charge is 2.22. The lowest BCUT2D eigenvalue weighted by molar-refractivity contribution is 0.413. The summed E-state index contributed by atoms with van der Waals surface area (Å²) in [6, 6.07) is 4.89. The van der Waals surface area contributed by atoms with Gasteiger partial charge in [0, 0.05) is 6.07 Å². The number of hydrogen-bond donors (Lipinski definition) is 2. The van der Waals surface area contributed by atoms with Crippen LogP contribution in [-0.4, -0.2) is 22.2 Å². The number of sulfonamides is 1. The number of fused-ring (bicyclic) bond motifs is 1. The Balaban J connectivity index is 2.61.